The Labute approximate surface area is 178 Å². The van der Waals surface area contributed by atoms with Gasteiger partial charge in [0.15, 0.2) is 6.04 Å². The molecule has 1 unspecified atom stereocenters. The summed E-state index contributed by atoms with van der Waals surface area (Å²) in [4.78, 5) is 50.3. The Balaban J connectivity index is 2.32. The fourth-order valence-corrected chi connectivity index (χ4v) is 4.98. The molecule has 5 amide bonds. The van der Waals surface area contributed by atoms with Crippen LogP contribution in [-0.2, 0) is 14.4 Å². The second-order valence-corrected chi connectivity index (χ2v) is 9.22. The van der Waals surface area contributed by atoms with Crippen molar-refractivity contribution < 1.29 is 28.9 Å². The van der Waals surface area contributed by atoms with Gasteiger partial charge in [-0.25, -0.2) is 14.7 Å². The number of hydrogen-bond donors (Lipinski definition) is 3. The number of hydrogen-bond acceptors (Lipinski definition) is 5. The third-order valence-electron chi connectivity index (χ3n) is 6.57. The average molecular weight is 426 g/mol. The van der Waals surface area contributed by atoms with E-state index in [-0.39, 0.29) is 19.5 Å². The number of rotatable bonds is 10. The van der Waals surface area contributed by atoms with Crippen molar-refractivity contribution in [1.29, 1.82) is 0 Å². The Morgan fingerprint density at radius 1 is 1.20 bits per heavy atom. The van der Waals surface area contributed by atoms with E-state index in [4.69, 9.17) is 5.73 Å². The molecule has 3 atom stereocenters. The average Bonchev–Trinajstić information content (AvgIpc) is 3.36. The first-order valence-corrected chi connectivity index (χ1v) is 11.1. The van der Waals surface area contributed by atoms with E-state index in [2.05, 4.69) is 5.32 Å². The number of carbonyl (C=O) groups excluding carboxylic acids is 4. The summed E-state index contributed by atoms with van der Waals surface area (Å²) in [5, 5.41) is 13.1. The molecular formula is C21H37N4O5+. The second-order valence-electron chi connectivity index (χ2n) is 9.22. The van der Waals surface area contributed by atoms with E-state index in [0.29, 0.717) is 42.7 Å². The molecule has 1 heterocycles. The van der Waals surface area contributed by atoms with E-state index in [9.17, 15) is 24.4 Å². The van der Waals surface area contributed by atoms with Crippen molar-refractivity contribution in [1.82, 2.24) is 10.4 Å². The smallest absolute Gasteiger partial charge is 0.364 e. The van der Waals surface area contributed by atoms with E-state index in [1.165, 1.54) is 0 Å². The fourth-order valence-electron chi connectivity index (χ4n) is 4.98. The normalized spacial score (nSPS) is 25.3. The number of nitrogens with two attached hydrogens (primary N) is 1. The molecule has 2 fully saturated rings. The van der Waals surface area contributed by atoms with E-state index < -0.39 is 34.3 Å². The molecule has 9 heteroatoms. The Kier molecular flexibility index (Phi) is 8.78. The standard InChI is InChI=1S/C21H36N4O5/c1-15(2)9-10-23-21(29)25(11-5-8-18(25)19(22)27)20(28)17(13-24(30)14-26)12-16-6-3-4-7-16/h14-18,30H,3-13H2,1-2H3,(H2-,22,23,27,29)/p+1/t17-,18+,25?/m1/s1. The van der Waals surface area contributed by atoms with Crippen molar-refractivity contribution >= 4 is 24.3 Å². The zero-order valence-corrected chi connectivity index (χ0v) is 18.2. The Hall–Kier alpha value is -2.00. The molecule has 0 radical (unpaired) electrons. The summed E-state index contributed by atoms with van der Waals surface area (Å²) in [6.07, 6.45) is 6.53. The monoisotopic (exact) mass is 425 g/mol. The highest BCUT2D eigenvalue weighted by molar-refractivity contribution is 5.91. The Morgan fingerprint density at radius 3 is 2.43 bits per heavy atom. The highest BCUT2D eigenvalue weighted by atomic mass is 16.5. The topological polar surface area (TPSA) is 130 Å². The van der Waals surface area contributed by atoms with E-state index in [1.807, 2.05) is 13.8 Å². The van der Waals surface area contributed by atoms with Crippen LogP contribution in [0.5, 0.6) is 0 Å². The zero-order valence-electron chi connectivity index (χ0n) is 18.2. The molecule has 1 aliphatic heterocycles. The lowest BCUT2D eigenvalue weighted by molar-refractivity contribution is -0.779. The van der Waals surface area contributed by atoms with Gasteiger partial charge < -0.3 is 11.1 Å². The Morgan fingerprint density at radius 2 is 1.87 bits per heavy atom. The molecule has 1 saturated heterocycles. The van der Waals surface area contributed by atoms with Crippen LogP contribution >= 0.6 is 0 Å². The molecule has 0 aromatic heterocycles. The number of nitrogens with zero attached hydrogens (tertiary/aromatic N) is 2. The van der Waals surface area contributed by atoms with Gasteiger partial charge in [-0.2, -0.15) is 4.48 Å². The minimum Gasteiger partial charge on any atom is -0.364 e. The van der Waals surface area contributed by atoms with Gasteiger partial charge in [0, 0.05) is 19.4 Å². The number of quaternary nitrogens is 1. The van der Waals surface area contributed by atoms with Gasteiger partial charge in [0.25, 0.3) is 5.91 Å². The maximum Gasteiger partial charge on any atom is 0.424 e. The highest BCUT2D eigenvalue weighted by Gasteiger charge is 2.58. The first-order valence-electron chi connectivity index (χ1n) is 11.1. The third-order valence-corrected chi connectivity index (χ3v) is 6.57. The van der Waals surface area contributed by atoms with Crippen LogP contribution in [0.4, 0.5) is 4.79 Å². The predicted molar refractivity (Wildman–Crippen MR) is 110 cm³/mol. The number of amides is 5. The molecule has 0 bridgehead atoms. The van der Waals surface area contributed by atoms with Crippen molar-refractivity contribution in [2.75, 3.05) is 19.6 Å². The van der Waals surface area contributed by atoms with E-state index >= 15 is 0 Å². The van der Waals surface area contributed by atoms with E-state index in [0.717, 1.165) is 32.1 Å². The molecule has 0 spiro atoms. The summed E-state index contributed by atoms with van der Waals surface area (Å²) in [5.74, 6) is -1.15. The molecule has 0 aromatic carbocycles. The van der Waals surface area contributed by atoms with Gasteiger partial charge in [0.1, 0.15) is 0 Å². The van der Waals surface area contributed by atoms with Crippen molar-refractivity contribution in [2.24, 2.45) is 23.5 Å². The number of carbonyl (C=O) groups is 4. The minimum absolute atomic E-state index is 0.191. The number of urea groups is 1. The van der Waals surface area contributed by atoms with Crippen LogP contribution < -0.4 is 11.1 Å². The van der Waals surface area contributed by atoms with Gasteiger partial charge in [0.2, 0.25) is 6.41 Å². The molecule has 2 rings (SSSR count). The SMILES string of the molecule is CC(C)CCNC(=O)[N+]1(C(=O)[C@H](CC2CCCC2)CN(O)C=O)CCC[C@H]1C(N)=O. The van der Waals surface area contributed by atoms with E-state index in [1.54, 1.807) is 0 Å². The van der Waals surface area contributed by atoms with Gasteiger partial charge in [-0.15, -0.1) is 0 Å². The van der Waals surface area contributed by atoms with Crippen molar-refractivity contribution in [3.8, 4) is 0 Å². The maximum atomic E-state index is 13.8. The molecule has 170 valence electrons. The van der Waals surface area contributed by atoms with Gasteiger partial charge in [-0.05, 0) is 24.7 Å². The zero-order chi connectivity index (χ0) is 22.3. The van der Waals surface area contributed by atoms with Crippen LogP contribution in [0.1, 0.15) is 65.2 Å². The summed E-state index contributed by atoms with van der Waals surface area (Å²) >= 11 is 0. The lowest BCUT2D eigenvalue weighted by atomic mass is 9.90. The number of nitrogens with one attached hydrogen (secondary N) is 1. The maximum absolute atomic E-state index is 13.8. The predicted octanol–water partition coefficient (Wildman–Crippen LogP) is 1.78. The summed E-state index contributed by atoms with van der Waals surface area (Å²) < 4.78 is -0.655. The van der Waals surface area contributed by atoms with Crippen LogP contribution in [0.25, 0.3) is 0 Å². The molecule has 9 nitrogen and oxygen atoms in total. The first kappa shape index (κ1) is 24.3. The summed E-state index contributed by atoms with van der Waals surface area (Å²) in [7, 11) is 0. The van der Waals surface area contributed by atoms with Crippen molar-refractivity contribution in [2.45, 2.75) is 71.3 Å². The van der Waals surface area contributed by atoms with Crippen LogP contribution in [-0.4, -0.2) is 64.7 Å². The number of likely N-dealkylation sites (tertiary alicyclic amines) is 1. The largest absolute Gasteiger partial charge is 0.424 e. The van der Waals surface area contributed by atoms with Crippen LogP contribution in [0, 0.1) is 17.8 Å². The molecule has 2 aliphatic rings. The summed E-state index contributed by atoms with van der Waals surface area (Å²) in [6, 6.07) is -1.43. The number of hydroxylamine groups is 2. The van der Waals surface area contributed by atoms with Crippen LogP contribution in [0.3, 0.4) is 0 Å². The molecule has 1 aliphatic carbocycles. The molecule has 30 heavy (non-hydrogen) atoms. The first-order chi connectivity index (χ1) is 14.2. The Bertz CT molecular complexity index is 635. The van der Waals surface area contributed by atoms with Crippen molar-refractivity contribution in [3.05, 3.63) is 0 Å². The van der Waals surface area contributed by atoms with Gasteiger partial charge >= 0.3 is 11.9 Å². The number of imide groups is 1. The van der Waals surface area contributed by atoms with Gasteiger partial charge in [-0.3, -0.25) is 14.8 Å². The molecule has 0 aromatic rings. The highest BCUT2D eigenvalue weighted by Crippen LogP contribution is 2.36. The van der Waals surface area contributed by atoms with Crippen molar-refractivity contribution in [3.63, 3.8) is 0 Å². The third kappa shape index (κ3) is 5.57. The molecular weight excluding hydrogens is 388 g/mol. The quantitative estimate of drug-likeness (QED) is 0.213. The second kappa shape index (κ2) is 10.9. The lowest BCUT2D eigenvalue weighted by Crippen LogP contribution is -2.68. The lowest BCUT2D eigenvalue weighted by Gasteiger charge is -2.36. The van der Waals surface area contributed by atoms with Crippen LogP contribution in [0.15, 0.2) is 0 Å². The van der Waals surface area contributed by atoms with Gasteiger partial charge in [0.05, 0.1) is 19.0 Å². The number of primary amides is 1. The van der Waals surface area contributed by atoms with Gasteiger partial charge in [-0.1, -0.05) is 39.5 Å². The fraction of sp³-hybridized carbons (Fsp3) is 0.810. The molecule has 4 N–H and O–H groups in total. The minimum atomic E-state index is -0.925. The molecule has 1 saturated carbocycles. The summed E-state index contributed by atoms with van der Waals surface area (Å²) in [6.45, 7) is 4.49. The summed E-state index contributed by atoms with van der Waals surface area (Å²) in [5.41, 5.74) is 5.61. The van der Waals surface area contributed by atoms with Crippen LogP contribution in [0.2, 0.25) is 0 Å².